The van der Waals surface area contributed by atoms with Crippen molar-refractivity contribution in [3.05, 3.63) is 40.7 Å². The maximum atomic E-state index is 11.2. The van der Waals surface area contributed by atoms with Crippen LogP contribution in [0.2, 0.25) is 10.0 Å². The predicted octanol–water partition coefficient (Wildman–Crippen LogP) is 2.98. The summed E-state index contributed by atoms with van der Waals surface area (Å²) in [4.78, 5) is 11.2. The highest BCUT2D eigenvalue weighted by atomic mass is 35.5. The molecule has 13 heavy (non-hydrogen) atoms. The Hall–Kier alpha value is -0.730. The van der Waals surface area contributed by atoms with Crippen LogP contribution in [0.3, 0.4) is 0 Å². The minimum atomic E-state index is -0.489. The number of benzene rings is 1. The van der Waals surface area contributed by atoms with Crippen molar-refractivity contribution in [2.24, 2.45) is 0 Å². The van der Waals surface area contributed by atoms with E-state index in [2.05, 4.69) is 11.7 Å². The molecule has 0 saturated carbocycles. The highest BCUT2D eigenvalue weighted by Gasteiger charge is 2.10. The average molecular weight is 218 g/mol. The van der Waals surface area contributed by atoms with Gasteiger partial charge in [0.15, 0.2) is 0 Å². The normalized spacial score (nSPS) is 9.77. The summed E-state index contributed by atoms with van der Waals surface area (Å²) in [6.07, 6.45) is 0. The lowest BCUT2D eigenvalue weighted by Crippen LogP contribution is -2.05. The van der Waals surface area contributed by atoms with Crippen LogP contribution >= 0.6 is 23.2 Å². The molecular formula is C9H7Cl2O2. The van der Waals surface area contributed by atoms with Gasteiger partial charge in [-0.2, -0.15) is 0 Å². The van der Waals surface area contributed by atoms with Crippen molar-refractivity contribution in [2.45, 2.75) is 0 Å². The molecule has 0 fully saturated rings. The summed E-state index contributed by atoms with van der Waals surface area (Å²) in [5, 5.41) is 0.766. The minimum Gasteiger partial charge on any atom is -0.462 e. The summed E-state index contributed by atoms with van der Waals surface area (Å²) in [5.41, 5.74) is 0.301. The standard InChI is InChI=1S/C9H7Cl2O2/c1-2-13-9(12)7-4-3-6(10)5-8(7)11/h3-5H,1-2H2. The molecule has 4 heteroatoms. The van der Waals surface area contributed by atoms with Gasteiger partial charge in [-0.1, -0.05) is 23.2 Å². The molecule has 2 nitrogen and oxygen atoms in total. The SMILES string of the molecule is [CH2]COC(=O)c1ccc(Cl)cc1Cl. The molecule has 0 saturated heterocycles. The van der Waals surface area contributed by atoms with Crippen LogP contribution in [0.15, 0.2) is 18.2 Å². The zero-order valence-corrected chi connectivity index (χ0v) is 8.23. The second-order valence-electron chi connectivity index (χ2n) is 2.26. The van der Waals surface area contributed by atoms with Crippen molar-refractivity contribution in [2.75, 3.05) is 6.61 Å². The molecule has 0 spiro atoms. The summed E-state index contributed by atoms with van der Waals surface area (Å²) >= 11 is 11.4. The van der Waals surface area contributed by atoms with E-state index in [9.17, 15) is 4.79 Å². The lowest BCUT2D eigenvalue weighted by Gasteiger charge is -2.03. The third-order valence-corrected chi connectivity index (χ3v) is 1.93. The second-order valence-corrected chi connectivity index (χ2v) is 3.10. The number of esters is 1. The molecule has 0 amide bonds. The first-order valence-corrected chi connectivity index (χ1v) is 4.32. The Balaban J connectivity index is 2.95. The monoisotopic (exact) mass is 217 g/mol. The highest BCUT2D eigenvalue weighted by Crippen LogP contribution is 2.21. The molecule has 0 bridgehead atoms. The lowest BCUT2D eigenvalue weighted by molar-refractivity contribution is 0.0547. The quantitative estimate of drug-likeness (QED) is 0.713. The van der Waals surface area contributed by atoms with E-state index >= 15 is 0 Å². The highest BCUT2D eigenvalue weighted by molar-refractivity contribution is 6.36. The predicted molar refractivity (Wildman–Crippen MR) is 52.1 cm³/mol. The maximum absolute atomic E-state index is 11.2. The van der Waals surface area contributed by atoms with Crippen LogP contribution in [0, 0.1) is 6.92 Å². The Bertz CT molecular complexity index is 323. The molecule has 0 aromatic heterocycles. The summed E-state index contributed by atoms with van der Waals surface area (Å²) in [5.74, 6) is -0.489. The summed E-state index contributed by atoms with van der Waals surface area (Å²) < 4.78 is 4.67. The van der Waals surface area contributed by atoms with Crippen molar-refractivity contribution in [1.82, 2.24) is 0 Å². The van der Waals surface area contributed by atoms with E-state index in [1.165, 1.54) is 12.1 Å². The van der Waals surface area contributed by atoms with Crippen LogP contribution in [0.1, 0.15) is 10.4 Å². The van der Waals surface area contributed by atoms with Crippen molar-refractivity contribution in [1.29, 1.82) is 0 Å². The zero-order valence-electron chi connectivity index (χ0n) is 6.72. The Morgan fingerprint density at radius 3 is 2.69 bits per heavy atom. The minimum absolute atomic E-state index is 0.0811. The summed E-state index contributed by atoms with van der Waals surface area (Å²) in [7, 11) is 0. The average Bonchev–Trinajstić information content (AvgIpc) is 2.04. The third-order valence-electron chi connectivity index (χ3n) is 1.38. The van der Waals surface area contributed by atoms with Gasteiger partial charge < -0.3 is 4.74 Å². The number of rotatable bonds is 2. The molecule has 0 N–H and O–H groups in total. The van der Waals surface area contributed by atoms with E-state index < -0.39 is 5.97 Å². The molecule has 0 unspecified atom stereocenters. The Morgan fingerprint density at radius 2 is 2.15 bits per heavy atom. The van der Waals surface area contributed by atoms with Crippen LogP contribution in [-0.2, 0) is 4.74 Å². The number of ether oxygens (including phenoxy) is 1. The Kier molecular flexibility index (Phi) is 3.58. The number of hydrogen-bond acceptors (Lipinski definition) is 2. The maximum Gasteiger partial charge on any atom is 0.339 e. The zero-order chi connectivity index (χ0) is 9.84. The summed E-state index contributed by atoms with van der Waals surface area (Å²) in [6, 6.07) is 4.58. The van der Waals surface area contributed by atoms with E-state index in [4.69, 9.17) is 23.2 Å². The van der Waals surface area contributed by atoms with Crippen LogP contribution < -0.4 is 0 Å². The molecule has 1 radical (unpaired) electrons. The first kappa shape index (κ1) is 10.4. The number of carbonyl (C=O) groups is 1. The van der Waals surface area contributed by atoms with E-state index in [0.29, 0.717) is 10.6 Å². The van der Waals surface area contributed by atoms with Gasteiger partial charge in [-0.25, -0.2) is 4.79 Å². The van der Waals surface area contributed by atoms with Crippen LogP contribution in [-0.4, -0.2) is 12.6 Å². The summed E-state index contributed by atoms with van der Waals surface area (Å²) in [6.45, 7) is 3.47. The molecule has 1 aromatic rings. The van der Waals surface area contributed by atoms with Gasteiger partial charge in [0, 0.05) is 5.02 Å². The lowest BCUT2D eigenvalue weighted by atomic mass is 10.2. The number of hydrogen-bond donors (Lipinski definition) is 0. The Morgan fingerprint density at radius 1 is 1.46 bits per heavy atom. The van der Waals surface area contributed by atoms with Crippen LogP contribution in [0.4, 0.5) is 0 Å². The van der Waals surface area contributed by atoms with Crippen molar-refractivity contribution < 1.29 is 9.53 Å². The molecule has 69 valence electrons. The molecule has 1 rings (SSSR count). The van der Waals surface area contributed by atoms with Gasteiger partial charge in [0.1, 0.15) is 0 Å². The van der Waals surface area contributed by atoms with E-state index in [1.54, 1.807) is 6.07 Å². The van der Waals surface area contributed by atoms with Gasteiger partial charge in [0.2, 0.25) is 0 Å². The van der Waals surface area contributed by atoms with Gasteiger partial charge in [-0.15, -0.1) is 0 Å². The number of carbonyl (C=O) groups excluding carboxylic acids is 1. The number of halogens is 2. The molecule has 0 aliphatic rings. The van der Waals surface area contributed by atoms with Crippen molar-refractivity contribution >= 4 is 29.2 Å². The largest absolute Gasteiger partial charge is 0.462 e. The van der Waals surface area contributed by atoms with E-state index in [0.717, 1.165) is 0 Å². The van der Waals surface area contributed by atoms with Gasteiger partial charge in [-0.05, 0) is 25.1 Å². The fraction of sp³-hybridized carbons (Fsp3) is 0.111. The van der Waals surface area contributed by atoms with E-state index in [-0.39, 0.29) is 11.6 Å². The first-order chi connectivity index (χ1) is 6.15. The second kappa shape index (κ2) is 4.49. The molecule has 0 aliphatic carbocycles. The fourth-order valence-corrected chi connectivity index (χ4v) is 1.31. The van der Waals surface area contributed by atoms with Gasteiger partial charge in [0.05, 0.1) is 17.2 Å². The Labute approximate surface area is 86.4 Å². The molecule has 0 heterocycles. The molecule has 1 aromatic carbocycles. The van der Waals surface area contributed by atoms with E-state index in [1.807, 2.05) is 0 Å². The molecular weight excluding hydrogens is 211 g/mol. The van der Waals surface area contributed by atoms with Gasteiger partial charge in [0.25, 0.3) is 0 Å². The van der Waals surface area contributed by atoms with Gasteiger partial charge in [-0.3, -0.25) is 0 Å². The van der Waals surface area contributed by atoms with Gasteiger partial charge >= 0.3 is 5.97 Å². The van der Waals surface area contributed by atoms with Crippen LogP contribution in [0.25, 0.3) is 0 Å². The van der Waals surface area contributed by atoms with Crippen LogP contribution in [0.5, 0.6) is 0 Å². The smallest absolute Gasteiger partial charge is 0.339 e. The third kappa shape index (κ3) is 2.61. The first-order valence-electron chi connectivity index (χ1n) is 3.56. The molecule has 0 aliphatic heterocycles. The topological polar surface area (TPSA) is 26.3 Å². The van der Waals surface area contributed by atoms with Crippen molar-refractivity contribution in [3.8, 4) is 0 Å². The fourth-order valence-electron chi connectivity index (χ4n) is 0.825. The molecule has 0 atom stereocenters. The van der Waals surface area contributed by atoms with Crippen molar-refractivity contribution in [3.63, 3.8) is 0 Å².